The fourth-order valence-corrected chi connectivity index (χ4v) is 4.84. The summed E-state index contributed by atoms with van der Waals surface area (Å²) >= 11 is 5.44. The quantitative estimate of drug-likeness (QED) is 0.611. The average Bonchev–Trinajstić information content (AvgIpc) is 2.07. The Morgan fingerprint density at radius 1 is 1.42 bits per heavy atom. The van der Waals surface area contributed by atoms with Gasteiger partial charge in [0.15, 0.2) is 9.84 Å². The molecule has 72 valence electrons. The molecule has 0 aromatic heterocycles. The highest BCUT2D eigenvalue weighted by Crippen LogP contribution is 2.39. The van der Waals surface area contributed by atoms with Crippen molar-refractivity contribution in [1.29, 1.82) is 0 Å². The molecule has 8 heteroatoms. The van der Waals surface area contributed by atoms with Gasteiger partial charge < -0.3 is 0 Å². The van der Waals surface area contributed by atoms with E-state index in [1.807, 2.05) is 0 Å². The van der Waals surface area contributed by atoms with Crippen molar-refractivity contribution in [2.24, 2.45) is 5.14 Å². The third-order valence-corrected chi connectivity index (χ3v) is 7.79. The van der Waals surface area contributed by atoms with Crippen LogP contribution in [0.1, 0.15) is 12.8 Å². The number of hydrogen-bond acceptors (Lipinski definition) is 4. The minimum absolute atomic E-state index is 0.129. The summed E-state index contributed by atoms with van der Waals surface area (Å²) in [7, 11) is -8.02. The van der Waals surface area contributed by atoms with Crippen molar-refractivity contribution in [2.75, 3.05) is 5.75 Å². The molecule has 2 N–H and O–H groups in total. The summed E-state index contributed by atoms with van der Waals surface area (Å²) in [5, 5.41) is 4.71. The van der Waals surface area contributed by atoms with Gasteiger partial charge in [-0.1, -0.05) is 11.6 Å². The predicted octanol–water partition coefficient (Wildman–Crippen LogP) is -0.624. The van der Waals surface area contributed by atoms with E-state index in [4.69, 9.17) is 16.7 Å². The first kappa shape index (κ1) is 10.2. The van der Waals surface area contributed by atoms with Crippen LogP contribution in [-0.2, 0) is 19.9 Å². The highest BCUT2D eigenvalue weighted by molar-refractivity contribution is 8.11. The molecule has 0 aromatic carbocycles. The van der Waals surface area contributed by atoms with E-state index in [2.05, 4.69) is 0 Å². The highest BCUT2D eigenvalue weighted by Gasteiger charge is 2.55. The molecule has 1 fully saturated rings. The van der Waals surface area contributed by atoms with Gasteiger partial charge >= 0.3 is 0 Å². The summed E-state index contributed by atoms with van der Waals surface area (Å²) in [5.41, 5.74) is 0. The van der Waals surface area contributed by atoms with Crippen LogP contribution in [0.15, 0.2) is 0 Å². The summed E-state index contributed by atoms with van der Waals surface area (Å²) in [6.45, 7) is 0. The fraction of sp³-hybridized carbons (Fsp3) is 1.00. The second kappa shape index (κ2) is 2.57. The van der Waals surface area contributed by atoms with Crippen molar-refractivity contribution in [3.63, 3.8) is 0 Å². The molecule has 0 aromatic rings. The van der Waals surface area contributed by atoms with E-state index in [0.717, 1.165) is 0 Å². The van der Waals surface area contributed by atoms with Crippen LogP contribution >= 0.6 is 11.6 Å². The number of hydrogen-bond donors (Lipinski definition) is 1. The summed E-state index contributed by atoms with van der Waals surface area (Å²) in [6.07, 6.45) is 0.109. The van der Waals surface area contributed by atoms with Gasteiger partial charge in [-0.05, 0) is 12.8 Å². The minimum atomic E-state index is -4.23. The Bertz CT molecular complexity index is 385. The number of sulfonamides is 1. The molecule has 0 spiro atoms. The lowest BCUT2D eigenvalue weighted by Gasteiger charge is -2.16. The second-order valence-corrected chi connectivity index (χ2v) is 8.10. The van der Waals surface area contributed by atoms with Gasteiger partial charge in [-0.2, -0.15) is 0 Å². The van der Waals surface area contributed by atoms with E-state index in [1.54, 1.807) is 0 Å². The molecule has 1 aliphatic rings. The first-order valence-electron chi connectivity index (χ1n) is 3.14. The molecule has 0 bridgehead atoms. The van der Waals surface area contributed by atoms with Crippen LogP contribution in [0.4, 0.5) is 0 Å². The zero-order valence-electron chi connectivity index (χ0n) is 6.03. The molecule has 12 heavy (non-hydrogen) atoms. The van der Waals surface area contributed by atoms with Crippen LogP contribution in [0.5, 0.6) is 0 Å². The monoisotopic (exact) mass is 233 g/mol. The molecular weight excluding hydrogens is 226 g/mol. The maximum atomic E-state index is 11.1. The summed E-state index contributed by atoms with van der Waals surface area (Å²) in [4.78, 5) is 0. The Morgan fingerprint density at radius 2 is 1.92 bits per heavy atom. The van der Waals surface area contributed by atoms with E-state index in [1.165, 1.54) is 0 Å². The fourth-order valence-electron chi connectivity index (χ4n) is 1.10. The minimum Gasteiger partial charge on any atom is -0.226 e. The Hall–Kier alpha value is 0.150. The van der Waals surface area contributed by atoms with Crippen molar-refractivity contribution in [3.05, 3.63) is 0 Å². The molecule has 0 radical (unpaired) electrons. The van der Waals surface area contributed by atoms with Gasteiger partial charge in [0.1, 0.15) is 0 Å². The molecule has 1 unspecified atom stereocenters. The maximum Gasteiger partial charge on any atom is 0.258 e. The SMILES string of the molecule is NS(=O)(=O)C1(Cl)CCCS1(=O)=O. The summed E-state index contributed by atoms with van der Waals surface area (Å²) < 4.78 is 41.7. The van der Waals surface area contributed by atoms with E-state index in [9.17, 15) is 16.8 Å². The first-order chi connectivity index (χ1) is 5.21. The van der Waals surface area contributed by atoms with Crippen molar-refractivity contribution in [1.82, 2.24) is 0 Å². The largest absolute Gasteiger partial charge is 0.258 e. The topological polar surface area (TPSA) is 94.3 Å². The number of nitrogens with two attached hydrogens (primary N) is 1. The average molecular weight is 234 g/mol. The third kappa shape index (κ3) is 1.24. The van der Waals surface area contributed by atoms with Gasteiger partial charge in [0.05, 0.1) is 5.75 Å². The maximum absolute atomic E-state index is 11.1. The summed E-state index contributed by atoms with van der Waals surface area (Å²) in [6, 6.07) is 0. The Labute approximate surface area is 75.9 Å². The van der Waals surface area contributed by atoms with Gasteiger partial charge in [-0.15, -0.1) is 0 Å². The summed E-state index contributed by atoms with van der Waals surface area (Å²) in [5.74, 6) is -0.215. The van der Waals surface area contributed by atoms with Crippen LogP contribution in [0.25, 0.3) is 0 Å². The van der Waals surface area contributed by atoms with Crippen molar-refractivity contribution in [2.45, 2.75) is 16.4 Å². The Balaban J connectivity index is 3.36. The number of rotatable bonds is 1. The molecule has 0 saturated carbocycles. The number of sulfone groups is 1. The van der Waals surface area contributed by atoms with Crippen LogP contribution in [0.2, 0.25) is 0 Å². The zero-order chi connectivity index (χ0) is 9.62. The van der Waals surface area contributed by atoms with Crippen LogP contribution in [-0.4, -0.2) is 26.1 Å². The zero-order valence-corrected chi connectivity index (χ0v) is 8.42. The lowest BCUT2D eigenvalue weighted by molar-refractivity contribution is 0.574. The molecular formula is C4H8ClNO4S2. The first-order valence-corrected chi connectivity index (χ1v) is 6.72. The van der Waals surface area contributed by atoms with Crippen LogP contribution in [0, 0.1) is 0 Å². The molecule has 1 heterocycles. The van der Waals surface area contributed by atoms with Gasteiger partial charge in [-0.3, -0.25) is 0 Å². The lowest BCUT2D eigenvalue weighted by atomic mass is 10.4. The number of primary sulfonamides is 1. The standard InChI is InChI=1S/C4H8ClNO4S2/c5-4(12(6,9)10)2-1-3-11(4,7)8/h1-3H2,(H2,6,9,10). The van der Waals surface area contributed by atoms with Gasteiger partial charge in [0, 0.05) is 0 Å². The van der Waals surface area contributed by atoms with E-state index in [-0.39, 0.29) is 18.6 Å². The smallest absolute Gasteiger partial charge is 0.226 e. The van der Waals surface area contributed by atoms with Crippen molar-refractivity contribution in [3.8, 4) is 0 Å². The van der Waals surface area contributed by atoms with Crippen molar-refractivity contribution >= 4 is 31.5 Å². The lowest BCUT2D eigenvalue weighted by Crippen LogP contribution is -2.42. The van der Waals surface area contributed by atoms with E-state index in [0.29, 0.717) is 0 Å². The van der Waals surface area contributed by atoms with E-state index < -0.39 is 23.4 Å². The number of alkyl halides is 1. The normalized spacial score (nSPS) is 35.2. The number of halogens is 1. The molecule has 0 aliphatic carbocycles. The molecule has 1 saturated heterocycles. The molecule has 1 atom stereocenters. The van der Waals surface area contributed by atoms with Gasteiger partial charge in [0.2, 0.25) is 10.0 Å². The molecule has 1 rings (SSSR count). The van der Waals surface area contributed by atoms with Crippen LogP contribution in [0.3, 0.4) is 0 Å². The van der Waals surface area contributed by atoms with Gasteiger partial charge in [-0.25, -0.2) is 22.0 Å². The highest BCUT2D eigenvalue weighted by atomic mass is 35.5. The van der Waals surface area contributed by atoms with Gasteiger partial charge in [0.25, 0.3) is 3.54 Å². The second-order valence-electron chi connectivity index (χ2n) is 2.63. The Morgan fingerprint density at radius 3 is 2.08 bits per heavy atom. The predicted molar refractivity (Wildman–Crippen MR) is 44.7 cm³/mol. The van der Waals surface area contributed by atoms with Crippen LogP contribution < -0.4 is 5.14 Å². The van der Waals surface area contributed by atoms with E-state index >= 15 is 0 Å². The Kier molecular flexibility index (Phi) is 2.19. The third-order valence-electron chi connectivity index (χ3n) is 1.78. The molecule has 5 nitrogen and oxygen atoms in total. The van der Waals surface area contributed by atoms with Crippen molar-refractivity contribution < 1.29 is 16.8 Å². The molecule has 1 aliphatic heterocycles. The molecule has 0 amide bonds.